The molecule has 4 rings (SSSR count). The van der Waals surface area contributed by atoms with Crippen LogP contribution in [0.5, 0.6) is 0 Å². The molecule has 4 heterocycles. The average Bonchev–Trinajstić information content (AvgIpc) is 3.26. The van der Waals surface area contributed by atoms with Crippen LogP contribution in [0.1, 0.15) is 17.1 Å². The van der Waals surface area contributed by atoms with Gasteiger partial charge in [-0.25, -0.2) is 14.6 Å². The SMILES string of the molecule is Cc1cc(C)n(-c2cc(NC(=O)C3CN(C)CCO3)nc(-c3ccc(C)o3)n2)n1. The molecular weight excluding hydrogens is 372 g/mol. The van der Waals surface area contributed by atoms with E-state index in [4.69, 9.17) is 9.15 Å². The maximum absolute atomic E-state index is 12.7. The van der Waals surface area contributed by atoms with Gasteiger partial charge in [0.15, 0.2) is 17.4 Å². The molecule has 1 unspecified atom stereocenters. The first-order chi connectivity index (χ1) is 13.9. The van der Waals surface area contributed by atoms with E-state index in [1.54, 1.807) is 16.8 Å². The van der Waals surface area contributed by atoms with Crippen LogP contribution in [0.4, 0.5) is 5.82 Å². The molecule has 0 saturated carbocycles. The Morgan fingerprint density at radius 2 is 2.03 bits per heavy atom. The summed E-state index contributed by atoms with van der Waals surface area (Å²) in [6.45, 7) is 7.58. The zero-order valence-electron chi connectivity index (χ0n) is 17.0. The Kier molecular flexibility index (Phi) is 5.16. The van der Waals surface area contributed by atoms with Crippen LogP contribution in [0.3, 0.4) is 0 Å². The first-order valence-corrected chi connectivity index (χ1v) is 9.49. The molecular formula is C20H24N6O3. The summed E-state index contributed by atoms with van der Waals surface area (Å²) in [6.07, 6.45) is -0.546. The maximum Gasteiger partial charge on any atom is 0.255 e. The van der Waals surface area contributed by atoms with Crippen molar-refractivity contribution in [1.29, 1.82) is 0 Å². The highest BCUT2D eigenvalue weighted by Crippen LogP contribution is 2.23. The van der Waals surface area contributed by atoms with E-state index in [9.17, 15) is 4.79 Å². The highest BCUT2D eigenvalue weighted by atomic mass is 16.5. The molecule has 9 heteroatoms. The number of ether oxygens (including phenoxy) is 1. The predicted molar refractivity (Wildman–Crippen MR) is 107 cm³/mol. The topological polar surface area (TPSA) is 98.3 Å². The molecule has 0 aliphatic carbocycles. The predicted octanol–water partition coefficient (Wildman–Crippen LogP) is 2.12. The summed E-state index contributed by atoms with van der Waals surface area (Å²) < 4.78 is 13.0. The summed E-state index contributed by atoms with van der Waals surface area (Å²) in [4.78, 5) is 23.9. The van der Waals surface area contributed by atoms with Gasteiger partial charge in [-0.1, -0.05) is 0 Å². The normalized spacial score (nSPS) is 17.4. The Morgan fingerprint density at radius 3 is 2.69 bits per heavy atom. The molecule has 1 N–H and O–H groups in total. The van der Waals surface area contributed by atoms with Crippen molar-refractivity contribution in [1.82, 2.24) is 24.6 Å². The van der Waals surface area contributed by atoms with E-state index in [-0.39, 0.29) is 5.91 Å². The van der Waals surface area contributed by atoms with E-state index in [0.717, 1.165) is 23.7 Å². The van der Waals surface area contributed by atoms with E-state index in [2.05, 4.69) is 25.3 Å². The van der Waals surface area contributed by atoms with Crippen molar-refractivity contribution in [2.75, 3.05) is 32.1 Å². The van der Waals surface area contributed by atoms with E-state index in [1.165, 1.54) is 0 Å². The molecule has 1 amide bonds. The molecule has 1 aliphatic heterocycles. The lowest BCUT2D eigenvalue weighted by molar-refractivity contribution is -0.132. The zero-order valence-corrected chi connectivity index (χ0v) is 17.0. The Labute approximate surface area is 168 Å². The number of aromatic nitrogens is 4. The Balaban J connectivity index is 1.69. The smallest absolute Gasteiger partial charge is 0.255 e. The molecule has 29 heavy (non-hydrogen) atoms. The molecule has 9 nitrogen and oxygen atoms in total. The van der Waals surface area contributed by atoms with Crippen LogP contribution in [-0.2, 0) is 9.53 Å². The van der Waals surface area contributed by atoms with E-state index < -0.39 is 6.10 Å². The maximum atomic E-state index is 12.7. The van der Waals surface area contributed by atoms with Crippen molar-refractivity contribution in [3.63, 3.8) is 0 Å². The number of likely N-dealkylation sites (N-methyl/N-ethyl adjacent to an activating group) is 1. The van der Waals surface area contributed by atoms with Gasteiger partial charge in [0, 0.05) is 24.8 Å². The van der Waals surface area contributed by atoms with Gasteiger partial charge in [0.2, 0.25) is 0 Å². The number of amides is 1. The summed E-state index contributed by atoms with van der Waals surface area (Å²) in [5.74, 6) is 2.33. The largest absolute Gasteiger partial charge is 0.458 e. The van der Waals surface area contributed by atoms with Gasteiger partial charge in [-0.15, -0.1) is 0 Å². The third-order valence-electron chi connectivity index (χ3n) is 4.71. The van der Waals surface area contributed by atoms with Crippen molar-refractivity contribution < 1.29 is 13.9 Å². The molecule has 0 spiro atoms. The van der Waals surface area contributed by atoms with Crippen molar-refractivity contribution in [2.45, 2.75) is 26.9 Å². The fraction of sp³-hybridized carbons (Fsp3) is 0.400. The number of morpholine rings is 1. The summed E-state index contributed by atoms with van der Waals surface area (Å²) in [6, 6.07) is 7.31. The lowest BCUT2D eigenvalue weighted by atomic mass is 10.2. The molecule has 0 bridgehead atoms. The molecule has 1 fully saturated rings. The van der Waals surface area contributed by atoms with Gasteiger partial charge < -0.3 is 19.4 Å². The third-order valence-corrected chi connectivity index (χ3v) is 4.71. The first-order valence-electron chi connectivity index (χ1n) is 9.49. The summed E-state index contributed by atoms with van der Waals surface area (Å²) in [5.41, 5.74) is 1.80. The zero-order chi connectivity index (χ0) is 20.5. The van der Waals surface area contributed by atoms with Gasteiger partial charge in [0.25, 0.3) is 5.91 Å². The molecule has 1 saturated heterocycles. The van der Waals surface area contributed by atoms with Crippen LogP contribution in [0.25, 0.3) is 17.4 Å². The highest BCUT2D eigenvalue weighted by Gasteiger charge is 2.25. The van der Waals surface area contributed by atoms with Crippen LogP contribution in [0, 0.1) is 20.8 Å². The van der Waals surface area contributed by atoms with Crippen LogP contribution in [-0.4, -0.2) is 63.4 Å². The summed E-state index contributed by atoms with van der Waals surface area (Å²) in [5, 5.41) is 7.35. The number of carbonyl (C=O) groups is 1. The Bertz CT molecular complexity index is 1040. The number of carbonyl (C=O) groups excluding carboxylic acids is 1. The standard InChI is InChI=1S/C20H24N6O3/c1-12-9-13(2)26(24-12)18-10-17(21-19(23-18)15-6-5-14(3)29-15)22-20(27)16-11-25(4)7-8-28-16/h5-6,9-10,16H,7-8,11H2,1-4H3,(H,21,22,23,27). The van der Waals surface area contributed by atoms with Crippen LogP contribution < -0.4 is 5.32 Å². The molecule has 0 radical (unpaired) electrons. The van der Waals surface area contributed by atoms with Crippen LogP contribution in [0.15, 0.2) is 28.7 Å². The van der Waals surface area contributed by atoms with Crippen LogP contribution in [0.2, 0.25) is 0 Å². The van der Waals surface area contributed by atoms with Crippen LogP contribution >= 0.6 is 0 Å². The highest BCUT2D eigenvalue weighted by molar-refractivity contribution is 5.94. The van der Waals surface area contributed by atoms with Crippen molar-refractivity contribution in [3.8, 4) is 17.4 Å². The van der Waals surface area contributed by atoms with Crippen molar-refractivity contribution >= 4 is 11.7 Å². The number of hydrogen-bond acceptors (Lipinski definition) is 7. The minimum Gasteiger partial charge on any atom is -0.458 e. The lowest BCUT2D eigenvalue weighted by Crippen LogP contribution is -2.46. The van der Waals surface area contributed by atoms with E-state index in [1.807, 2.05) is 40.0 Å². The average molecular weight is 396 g/mol. The van der Waals surface area contributed by atoms with Gasteiger partial charge in [-0.05, 0) is 46.0 Å². The number of anilines is 1. The van der Waals surface area contributed by atoms with Crippen molar-refractivity contribution in [2.24, 2.45) is 0 Å². The van der Waals surface area contributed by atoms with Gasteiger partial charge >= 0.3 is 0 Å². The first kappa shape index (κ1) is 19.3. The number of furan rings is 1. The van der Waals surface area contributed by atoms with Gasteiger partial charge in [-0.3, -0.25) is 4.79 Å². The van der Waals surface area contributed by atoms with E-state index in [0.29, 0.717) is 36.4 Å². The number of hydrogen-bond donors (Lipinski definition) is 1. The minimum atomic E-state index is -0.546. The molecule has 1 aliphatic rings. The third kappa shape index (κ3) is 4.20. The number of nitrogens with zero attached hydrogens (tertiary/aromatic N) is 5. The quantitative estimate of drug-likeness (QED) is 0.721. The molecule has 152 valence electrons. The fourth-order valence-corrected chi connectivity index (χ4v) is 3.28. The number of aryl methyl sites for hydroxylation is 3. The van der Waals surface area contributed by atoms with E-state index >= 15 is 0 Å². The molecule has 0 aromatic carbocycles. The second kappa shape index (κ2) is 7.76. The summed E-state index contributed by atoms with van der Waals surface area (Å²) in [7, 11) is 1.96. The number of rotatable bonds is 4. The molecule has 3 aromatic rings. The second-order valence-electron chi connectivity index (χ2n) is 7.30. The second-order valence-corrected chi connectivity index (χ2v) is 7.30. The Morgan fingerprint density at radius 1 is 1.21 bits per heavy atom. The fourth-order valence-electron chi connectivity index (χ4n) is 3.28. The Hall–Kier alpha value is -3.04. The lowest BCUT2D eigenvalue weighted by Gasteiger charge is -2.28. The molecule has 3 aromatic heterocycles. The number of nitrogens with one attached hydrogen (secondary N) is 1. The van der Waals surface area contributed by atoms with Gasteiger partial charge in [0.1, 0.15) is 17.7 Å². The monoisotopic (exact) mass is 396 g/mol. The molecule has 1 atom stereocenters. The summed E-state index contributed by atoms with van der Waals surface area (Å²) >= 11 is 0. The van der Waals surface area contributed by atoms with Gasteiger partial charge in [0.05, 0.1) is 12.3 Å². The van der Waals surface area contributed by atoms with Crippen molar-refractivity contribution in [3.05, 3.63) is 41.4 Å². The van der Waals surface area contributed by atoms with Gasteiger partial charge in [-0.2, -0.15) is 5.10 Å². The minimum absolute atomic E-state index is 0.240.